The molecule has 0 saturated heterocycles. The number of esters is 1. The lowest BCUT2D eigenvalue weighted by Gasteiger charge is -1.97. The standard InChI is InChI=1S/C10H13NO2S/c1-10(2)4-6(10)8-11-5-7(14-8)9(12)13-3/h5-6H,4H2,1-3H3. The van der Waals surface area contributed by atoms with Crippen LogP contribution in [0.2, 0.25) is 0 Å². The van der Waals surface area contributed by atoms with Gasteiger partial charge in [-0.2, -0.15) is 0 Å². The van der Waals surface area contributed by atoms with Gasteiger partial charge in [-0.15, -0.1) is 11.3 Å². The molecule has 3 nitrogen and oxygen atoms in total. The molecule has 0 aliphatic heterocycles. The number of hydrogen-bond donors (Lipinski definition) is 0. The molecule has 14 heavy (non-hydrogen) atoms. The summed E-state index contributed by atoms with van der Waals surface area (Å²) in [6.45, 7) is 4.44. The van der Waals surface area contributed by atoms with Crippen LogP contribution in [0.5, 0.6) is 0 Å². The van der Waals surface area contributed by atoms with Crippen LogP contribution in [0.4, 0.5) is 0 Å². The molecule has 0 N–H and O–H groups in total. The summed E-state index contributed by atoms with van der Waals surface area (Å²) in [7, 11) is 1.39. The highest BCUT2D eigenvalue weighted by Crippen LogP contribution is 2.59. The molecule has 1 fully saturated rings. The lowest BCUT2D eigenvalue weighted by molar-refractivity contribution is 0.0606. The van der Waals surface area contributed by atoms with Crippen molar-refractivity contribution < 1.29 is 9.53 Å². The summed E-state index contributed by atoms with van der Waals surface area (Å²) in [6, 6.07) is 0. The van der Waals surface area contributed by atoms with Gasteiger partial charge in [-0.1, -0.05) is 13.8 Å². The van der Waals surface area contributed by atoms with Gasteiger partial charge in [0.05, 0.1) is 18.3 Å². The summed E-state index contributed by atoms with van der Waals surface area (Å²) in [5.74, 6) is 0.248. The molecular weight excluding hydrogens is 198 g/mol. The molecule has 1 aromatic heterocycles. The summed E-state index contributed by atoms with van der Waals surface area (Å²) >= 11 is 1.45. The number of methoxy groups -OCH3 is 1. The largest absolute Gasteiger partial charge is 0.465 e. The Labute approximate surface area is 87.1 Å². The minimum absolute atomic E-state index is 0.285. The van der Waals surface area contributed by atoms with Gasteiger partial charge < -0.3 is 4.74 Å². The molecule has 0 spiro atoms. The van der Waals surface area contributed by atoms with Crippen molar-refractivity contribution in [2.45, 2.75) is 26.2 Å². The fourth-order valence-corrected chi connectivity index (χ4v) is 2.68. The van der Waals surface area contributed by atoms with E-state index in [2.05, 4.69) is 23.6 Å². The van der Waals surface area contributed by atoms with Crippen molar-refractivity contribution in [1.29, 1.82) is 0 Å². The first kappa shape index (κ1) is 9.65. The van der Waals surface area contributed by atoms with Crippen LogP contribution in [-0.2, 0) is 4.74 Å². The second-order valence-electron chi connectivity index (χ2n) is 4.30. The fourth-order valence-electron chi connectivity index (χ4n) is 1.53. The normalized spacial score (nSPS) is 23.2. The molecule has 1 aromatic rings. The Kier molecular flexibility index (Phi) is 2.10. The smallest absolute Gasteiger partial charge is 0.349 e. The Bertz CT molecular complexity index is 370. The van der Waals surface area contributed by atoms with E-state index >= 15 is 0 Å². The average molecular weight is 211 g/mol. The number of thiazole rings is 1. The molecule has 1 saturated carbocycles. The lowest BCUT2D eigenvalue weighted by Crippen LogP contribution is -1.96. The summed E-state index contributed by atoms with van der Waals surface area (Å²) in [6.07, 6.45) is 2.78. The predicted octanol–water partition coefficient (Wildman–Crippen LogP) is 2.44. The SMILES string of the molecule is COC(=O)c1cnc(C2CC2(C)C)s1. The number of carbonyl (C=O) groups excluding carboxylic acids is 1. The van der Waals surface area contributed by atoms with E-state index in [9.17, 15) is 4.79 Å². The fraction of sp³-hybridized carbons (Fsp3) is 0.600. The van der Waals surface area contributed by atoms with Crippen molar-refractivity contribution in [2.24, 2.45) is 5.41 Å². The maximum absolute atomic E-state index is 11.2. The van der Waals surface area contributed by atoms with Gasteiger partial charge in [0.1, 0.15) is 4.88 Å². The maximum Gasteiger partial charge on any atom is 0.349 e. The Morgan fingerprint density at radius 3 is 2.86 bits per heavy atom. The molecule has 1 aliphatic carbocycles. The quantitative estimate of drug-likeness (QED) is 0.705. The van der Waals surface area contributed by atoms with Gasteiger partial charge in [-0.05, 0) is 11.8 Å². The third kappa shape index (κ3) is 1.54. The number of carbonyl (C=O) groups is 1. The van der Waals surface area contributed by atoms with Crippen LogP contribution in [0.1, 0.15) is 40.9 Å². The third-order valence-corrected chi connectivity index (χ3v) is 3.81. The highest BCUT2D eigenvalue weighted by molar-refractivity contribution is 7.13. The zero-order valence-electron chi connectivity index (χ0n) is 8.53. The Hall–Kier alpha value is -0.900. The second-order valence-corrected chi connectivity index (χ2v) is 5.36. The van der Waals surface area contributed by atoms with Crippen molar-refractivity contribution in [3.63, 3.8) is 0 Å². The van der Waals surface area contributed by atoms with Gasteiger partial charge in [-0.25, -0.2) is 9.78 Å². The van der Waals surface area contributed by atoms with Crippen LogP contribution in [0.15, 0.2) is 6.20 Å². The highest BCUT2D eigenvalue weighted by atomic mass is 32.1. The molecule has 0 radical (unpaired) electrons. The van der Waals surface area contributed by atoms with E-state index < -0.39 is 0 Å². The third-order valence-electron chi connectivity index (χ3n) is 2.72. The van der Waals surface area contributed by atoms with Gasteiger partial charge in [-0.3, -0.25) is 0 Å². The lowest BCUT2D eigenvalue weighted by atomic mass is 10.1. The first-order chi connectivity index (χ1) is 6.54. The minimum atomic E-state index is -0.285. The minimum Gasteiger partial charge on any atom is -0.465 e. The first-order valence-corrected chi connectivity index (χ1v) is 5.40. The van der Waals surface area contributed by atoms with E-state index in [1.807, 2.05) is 0 Å². The van der Waals surface area contributed by atoms with E-state index in [4.69, 9.17) is 0 Å². The molecule has 1 heterocycles. The Balaban J connectivity index is 2.15. The number of ether oxygens (including phenoxy) is 1. The monoisotopic (exact) mass is 211 g/mol. The predicted molar refractivity (Wildman–Crippen MR) is 54.6 cm³/mol. The second kappa shape index (κ2) is 3.05. The van der Waals surface area contributed by atoms with Crippen molar-refractivity contribution in [3.8, 4) is 0 Å². The summed E-state index contributed by atoms with van der Waals surface area (Å²) in [5, 5.41) is 1.07. The molecule has 0 bridgehead atoms. The van der Waals surface area contributed by atoms with Crippen molar-refractivity contribution >= 4 is 17.3 Å². The topological polar surface area (TPSA) is 39.2 Å². The molecule has 1 unspecified atom stereocenters. The molecule has 4 heteroatoms. The van der Waals surface area contributed by atoms with Gasteiger partial charge in [0.15, 0.2) is 0 Å². The summed E-state index contributed by atoms with van der Waals surface area (Å²) < 4.78 is 4.63. The number of nitrogens with zero attached hydrogens (tertiary/aromatic N) is 1. The average Bonchev–Trinajstić information content (AvgIpc) is 2.64. The number of hydrogen-bond acceptors (Lipinski definition) is 4. The van der Waals surface area contributed by atoms with Crippen LogP contribution in [-0.4, -0.2) is 18.1 Å². The summed E-state index contributed by atoms with van der Waals surface area (Å²) in [4.78, 5) is 16.0. The Morgan fingerprint density at radius 2 is 2.36 bits per heavy atom. The number of aromatic nitrogens is 1. The molecule has 2 rings (SSSR count). The van der Waals surface area contributed by atoms with E-state index in [0.717, 1.165) is 5.01 Å². The van der Waals surface area contributed by atoms with Crippen molar-refractivity contribution in [2.75, 3.05) is 7.11 Å². The van der Waals surface area contributed by atoms with Crippen LogP contribution in [0.3, 0.4) is 0 Å². The Morgan fingerprint density at radius 1 is 1.71 bits per heavy atom. The van der Waals surface area contributed by atoms with E-state index in [1.165, 1.54) is 24.9 Å². The zero-order valence-corrected chi connectivity index (χ0v) is 9.35. The molecule has 76 valence electrons. The van der Waals surface area contributed by atoms with Gasteiger partial charge in [0.2, 0.25) is 0 Å². The van der Waals surface area contributed by atoms with E-state index in [1.54, 1.807) is 6.20 Å². The first-order valence-electron chi connectivity index (χ1n) is 4.58. The highest BCUT2D eigenvalue weighted by Gasteiger charge is 2.48. The zero-order chi connectivity index (χ0) is 10.3. The molecule has 0 amide bonds. The number of rotatable bonds is 2. The van der Waals surface area contributed by atoms with Crippen molar-refractivity contribution in [1.82, 2.24) is 4.98 Å². The van der Waals surface area contributed by atoms with Crippen LogP contribution >= 0.6 is 11.3 Å². The van der Waals surface area contributed by atoms with Gasteiger partial charge >= 0.3 is 5.97 Å². The summed E-state index contributed by atoms with van der Waals surface area (Å²) in [5.41, 5.74) is 0.366. The van der Waals surface area contributed by atoms with E-state index in [-0.39, 0.29) is 5.97 Å². The van der Waals surface area contributed by atoms with E-state index in [0.29, 0.717) is 16.2 Å². The molecular formula is C10H13NO2S. The van der Waals surface area contributed by atoms with Crippen LogP contribution in [0.25, 0.3) is 0 Å². The van der Waals surface area contributed by atoms with Gasteiger partial charge in [0, 0.05) is 5.92 Å². The van der Waals surface area contributed by atoms with Crippen LogP contribution in [0, 0.1) is 5.41 Å². The molecule has 1 aliphatic rings. The van der Waals surface area contributed by atoms with Gasteiger partial charge in [0.25, 0.3) is 0 Å². The molecule has 1 atom stereocenters. The molecule has 0 aromatic carbocycles. The maximum atomic E-state index is 11.2. The van der Waals surface area contributed by atoms with Crippen molar-refractivity contribution in [3.05, 3.63) is 16.1 Å². The van der Waals surface area contributed by atoms with Crippen LogP contribution < -0.4 is 0 Å².